The van der Waals surface area contributed by atoms with Gasteiger partial charge in [0, 0.05) is 0 Å². The highest BCUT2D eigenvalue weighted by Crippen LogP contribution is 2.26. The lowest BCUT2D eigenvalue weighted by atomic mass is 10.2. The fourth-order valence-electron chi connectivity index (χ4n) is 2.23. The van der Waals surface area contributed by atoms with Crippen LogP contribution in [0.25, 0.3) is 0 Å². The first-order chi connectivity index (χ1) is 10.5. The average Bonchev–Trinajstić information content (AvgIpc) is 2.55. The van der Waals surface area contributed by atoms with Gasteiger partial charge in [-0.05, 0) is 29.5 Å². The van der Waals surface area contributed by atoms with E-state index in [1.54, 1.807) is 30.3 Å². The third kappa shape index (κ3) is 3.07. The van der Waals surface area contributed by atoms with Gasteiger partial charge in [0.05, 0.1) is 11.4 Å². The Morgan fingerprint density at radius 3 is 2.18 bits per heavy atom. The molecule has 0 atom stereocenters. The second-order valence-corrected chi connectivity index (χ2v) is 9.12. The number of nitrogens with zero attached hydrogens (tertiary/aromatic N) is 1. The molecule has 2 nitrogen and oxygen atoms in total. The predicted octanol–water partition coefficient (Wildman–Crippen LogP) is 4.65. The summed E-state index contributed by atoms with van der Waals surface area (Å²) in [5, 5.41) is 1.03. The highest BCUT2D eigenvalue weighted by Gasteiger charge is 2.24. The largest absolute Gasteiger partial charge is 0.409 e. The van der Waals surface area contributed by atoms with Crippen molar-refractivity contribution in [3.05, 3.63) is 79.2 Å². The summed E-state index contributed by atoms with van der Waals surface area (Å²) >= 11 is 0. The summed E-state index contributed by atoms with van der Waals surface area (Å²) in [7, 11) is -2.02. The molecule has 4 heteroatoms. The van der Waals surface area contributed by atoms with E-state index in [0.29, 0.717) is 11.4 Å². The van der Waals surface area contributed by atoms with E-state index < -0.39 is 14.2 Å². The van der Waals surface area contributed by atoms with E-state index in [0.717, 1.165) is 10.1 Å². The fraction of sp³-hybridized carbons (Fsp3) is 0.0556. The summed E-state index contributed by atoms with van der Waals surface area (Å²) in [6.07, 6.45) is -1.51. The van der Waals surface area contributed by atoms with E-state index in [1.165, 1.54) is 0 Å². The molecular weight excluding hydrogens is 293 g/mol. The van der Waals surface area contributed by atoms with Gasteiger partial charge in [-0.25, -0.2) is 4.79 Å². The average molecular weight is 311 g/mol. The number of carbonyl (C=O) groups is 1. The summed E-state index contributed by atoms with van der Waals surface area (Å²) in [6.45, 7) is 9.86. The van der Waals surface area contributed by atoms with E-state index in [2.05, 4.69) is 19.7 Å². The molecule has 0 N–H and O–H groups in total. The van der Waals surface area contributed by atoms with Crippen molar-refractivity contribution < 1.29 is 9.18 Å². The minimum absolute atomic E-state index is 0.493. The lowest BCUT2D eigenvalue weighted by Gasteiger charge is -2.23. The Kier molecular flexibility index (Phi) is 4.73. The zero-order valence-corrected chi connectivity index (χ0v) is 13.5. The van der Waals surface area contributed by atoms with Crippen molar-refractivity contribution in [3.63, 3.8) is 0 Å². The van der Waals surface area contributed by atoms with E-state index >= 15 is 0 Å². The maximum absolute atomic E-state index is 13.6. The molecule has 0 aliphatic carbocycles. The number of amides is 1. The van der Waals surface area contributed by atoms with Crippen LogP contribution in [0.2, 0.25) is 6.55 Å². The van der Waals surface area contributed by atoms with Crippen LogP contribution in [0.15, 0.2) is 79.2 Å². The monoisotopic (exact) mass is 311 g/mol. The first kappa shape index (κ1) is 15.9. The molecule has 112 valence electrons. The maximum atomic E-state index is 13.6. The van der Waals surface area contributed by atoms with Gasteiger partial charge in [0.2, 0.25) is 0 Å². The fourth-order valence-corrected chi connectivity index (χ4v) is 3.78. The molecule has 2 aromatic rings. The van der Waals surface area contributed by atoms with Gasteiger partial charge >= 0.3 is 6.16 Å². The van der Waals surface area contributed by atoms with Gasteiger partial charge in [0.25, 0.3) is 0 Å². The number of hydrogen-bond acceptors (Lipinski definition) is 1. The number of anilines is 2. The van der Waals surface area contributed by atoms with Crippen molar-refractivity contribution in [2.75, 3.05) is 4.90 Å². The van der Waals surface area contributed by atoms with Crippen LogP contribution in [0.4, 0.5) is 20.6 Å². The third-order valence-corrected chi connectivity index (χ3v) is 7.02. The Labute approximate surface area is 131 Å². The molecule has 0 aliphatic rings. The molecule has 0 radical (unpaired) electrons. The van der Waals surface area contributed by atoms with Gasteiger partial charge in [-0.2, -0.15) is 0 Å². The number of benzene rings is 2. The predicted molar refractivity (Wildman–Crippen MR) is 93.2 cm³/mol. The number of halogens is 1. The summed E-state index contributed by atoms with van der Waals surface area (Å²) < 4.78 is 13.6. The van der Waals surface area contributed by atoms with Gasteiger partial charge in [-0.15, -0.1) is 17.5 Å². The van der Waals surface area contributed by atoms with E-state index in [9.17, 15) is 9.18 Å². The van der Waals surface area contributed by atoms with Gasteiger partial charge < -0.3 is 0 Å². The number of carbonyl (C=O) groups excluding carboxylic acids is 1. The van der Waals surface area contributed by atoms with Crippen LogP contribution >= 0.6 is 0 Å². The maximum Gasteiger partial charge on any atom is 0.409 e. The molecule has 0 bridgehead atoms. The first-order valence-corrected chi connectivity index (χ1v) is 9.59. The molecule has 0 fully saturated rings. The Morgan fingerprint density at radius 1 is 1.05 bits per heavy atom. The number of para-hydroxylation sites is 1. The normalized spacial score (nSPS) is 10.8. The Morgan fingerprint density at radius 2 is 1.64 bits per heavy atom. The molecule has 0 saturated heterocycles. The molecule has 0 aromatic heterocycles. The molecule has 0 spiro atoms. The SMILES string of the molecule is C=C[Si](C)(C=C)c1cccc(N(C(=O)F)c2ccccc2)c1. The molecule has 1 amide bonds. The van der Waals surface area contributed by atoms with Crippen molar-refractivity contribution in [1.82, 2.24) is 0 Å². The second-order valence-electron chi connectivity index (χ2n) is 5.17. The lowest BCUT2D eigenvalue weighted by Crippen LogP contribution is -2.41. The summed E-state index contributed by atoms with van der Waals surface area (Å²) in [5.41, 5.74) is 4.80. The third-order valence-electron chi connectivity index (χ3n) is 3.76. The smallest absolute Gasteiger partial charge is 0.253 e. The standard InChI is InChI=1S/C18H18FNOSi/c1-4-22(3,5-2)17-13-9-12-16(14-17)20(18(19)21)15-10-7-6-8-11-15/h4-14H,1-2H2,3H3. The van der Waals surface area contributed by atoms with Gasteiger partial charge in [-0.3, -0.25) is 4.90 Å². The topological polar surface area (TPSA) is 20.3 Å². The second kappa shape index (κ2) is 6.53. The zero-order valence-electron chi connectivity index (χ0n) is 12.5. The summed E-state index contributed by atoms with van der Waals surface area (Å²) in [5.74, 6) is 0. The van der Waals surface area contributed by atoms with Crippen LogP contribution in [0.5, 0.6) is 0 Å². The van der Waals surface area contributed by atoms with Crippen LogP contribution in [0.1, 0.15) is 0 Å². The Bertz CT molecular complexity index is 691. The quantitative estimate of drug-likeness (QED) is 0.447. The Hall–Kier alpha value is -2.46. The lowest BCUT2D eigenvalue weighted by molar-refractivity contribution is 0.230. The molecule has 2 aromatic carbocycles. The van der Waals surface area contributed by atoms with Crippen LogP contribution in [-0.2, 0) is 0 Å². The van der Waals surface area contributed by atoms with Gasteiger partial charge in [-0.1, -0.05) is 48.3 Å². The van der Waals surface area contributed by atoms with Crippen molar-refractivity contribution in [1.29, 1.82) is 0 Å². The van der Waals surface area contributed by atoms with E-state index in [1.807, 2.05) is 35.7 Å². The molecule has 0 aliphatic heterocycles. The van der Waals surface area contributed by atoms with Crippen LogP contribution < -0.4 is 10.1 Å². The van der Waals surface area contributed by atoms with E-state index in [4.69, 9.17) is 0 Å². The van der Waals surface area contributed by atoms with E-state index in [-0.39, 0.29) is 0 Å². The molecule has 22 heavy (non-hydrogen) atoms. The van der Waals surface area contributed by atoms with Crippen LogP contribution in [-0.4, -0.2) is 14.2 Å². The Balaban J connectivity index is 2.53. The van der Waals surface area contributed by atoms with Gasteiger partial charge in [0.1, 0.15) is 8.07 Å². The van der Waals surface area contributed by atoms with Crippen molar-refractivity contribution in [3.8, 4) is 0 Å². The number of rotatable bonds is 5. The minimum Gasteiger partial charge on any atom is -0.253 e. The molecule has 2 rings (SSSR count). The van der Waals surface area contributed by atoms with Crippen LogP contribution in [0, 0.1) is 0 Å². The summed E-state index contributed by atoms with van der Waals surface area (Å²) in [4.78, 5) is 12.5. The van der Waals surface area contributed by atoms with Crippen molar-refractivity contribution in [2.45, 2.75) is 6.55 Å². The molecule has 0 saturated carbocycles. The van der Waals surface area contributed by atoms with Crippen molar-refractivity contribution >= 4 is 30.8 Å². The minimum atomic E-state index is -2.02. The molecule has 0 unspecified atom stereocenters. The highest BCUT2D eigenvalue weighted by molar-refractivity contribution is 6.98. The number of hydrogen-bond donors (Lipinski definition) is 0. The molecular formula is C18H18FNOSi. The zero-order chi connectivity index (χ0) is 16.2. The van der Waals surface area contributed by atoms with Gasteiger partial charge in [0.15, 0.2) is 0 Å². The summed E-state index contributed by atoms with van der Waals surface area (Å²) in [6, 6.07) is 16.1. The van der Waals surface area contributed by atoms with Crippen molar-refractivity contribution in [2.24, 2.45) is 0 Å². The first-order valence-electron chi connectivity index (χ1n) is 6.94. The van der Waals surface area contributed by atoms with Crippen LogP contribution in [0.3, 0.4) is 0 Å². The highest BCUT2D eigenvalue weighted by atomic mass is 28.3. The molecule has 0 heterocycles.